The molecule has 0 aliphatic rings. The van der Waals surface area contributed by atoms with Crippen LogP contribution in [0.3, 0.4) is 0 Å². The number of sulfonamides is 1. The number of ether oxygens (including phenoxy) is 1. The van der Waals surface area contributed by atoms with E-state index in [9.17, 15) is 8.42 Å². The first kappa shape index (κ1) is 18.4. The van der Waals surface area contributed by atoms with Gasteiger partial charge in [0.25, 0.3) is 0 Å². The fraction of sp³-hybridized carbons (Fsp3) is 0.769. The third-order valence-corrected chi connectivity index (χ3v) is 5.62. The molecule has 0 N–H and O–H groups in total. The van der Waals surface area contributed by atoms with Crippen LogP contribution in [0.4, 0.5) is 0 Å². The van der Waals surface area contributed by atoms with Crippen molar-refractivity contribution >= 4 is 21.6 Å². The largest absolute Gasteiger partial charge is 0.380 e. The van der Waals surface area contributed by atoms with Crippen molar-refractivity contribution < 1.29 is 13.2 Å². The molecule has 0 fully saturated rings. The Hall–Kier alpha value is -0.630. The average molecular weight is 338 g/mol. The van der Waals surface area contributed by atoms with Gasteiger partial charge in [-0.2, -0.15) is 9.40 Å². The molecule has 122 valence electrons. The second-order valence-electron chi connectivity index (χ2n) is 4.79. The van der Waals surface area contributed by atoms with Crippen molar-refractivity contribution in [3.63, 3.8) is 0 Å². The summed E-state index contributed by atoms with van der Waals surface area (Å²) in [4.78, 5) is 0.288. The van der Waals surface area contributed by atoms with E-state index in [1.807, 2.05) is 6.92 Å². The monoisotopic (exact) mass is 337 g/mol. The Labute approximate surface area is 132 Å². The highest BCUT2D eigenvalue weighted by molar-refractivity contribution is 7.89. The van der Waals surface area contributed by atoms with Gasteiger partial charge in [-0.05, 0) is 27.2 Å². The van der Waals surface area contributed by atoms with Gasteiger partial charge in [0.2, 0.25) is 10.0 Å². The summed E-state index contributed by atoms with van der Waals surface area (Å²) >= 11 is 5.68. The van der Waals surface area contributed by atoms with Gasteiger partial charge in [-0.3, -0.25) is 4.68 Å². The number of hydrogen-bond acceptors (Lipinski definition) is 4. The van der Waals surface area contributed by atoms with Crippen molar-refractivity contribution in [1.29, 1.82) is 0 Å². The molecule has 0 saturated heterocycles. The summed E-state index contributed by atoms with van der Waals surface area (Å²) < 4.78 is 33.5. The van der Waals surface area contributed by atoms with Crippen LogP contribution in [0, 0.1) is 13.8 Å². The lowest BCUT2D eigenvalue weighted by atomic mass is 10.4. The van der Waals surface area contributed by atoms with Gasteiger partial charge in [0.15, 0.2) is 0 Å². The van der Waals surface area contributed by atoms with E-state index >= 15 is 0 Å². The molecule has 1 heterocycles. The third kappa shape index (κ3) is 4.42. The van der Waals surface area contributed by atoms with Crippen LogP contribution < -0.4 is 0 Å². The number of alkyl halides is 1. The Morgan fingerprint density at radius 1 is 1.38 bits per heavy atom. The molecular formula is C13H24ClN3O3S. The molecule has 0 unspecified atom stereocenters. The van der Waals surface area contributed by atoms with Crippen LogP contribution in [-0.2, 0) is 21.3 Å². The zero-order valence-electron chi connectivity index (χ0n) is 13.1. The number of hydrogen-bond donors (Lipinski definition) is 0. The van der Waals surface area contributed by atoms with Crippen molar-refractivity contribution in [1.82, 2.24) is 14.1 Å². The smallest absolute Gasteiger partial charge is 0.246 e. The summed E-state index contributed by atoms with van der Waals surface area (Å²) in [6, 6.07) is 0. The van der Waals surface area contributed by atoms with Crippen molar-refractivity contribution in [2.45, 2.75) is 38.6 Å². The molecule has 1 aromatic heterocycles. The lowest BCUT2D eigenvalue weighted by molar-refractivity contribution is 0.138. The maximum absolute atomic E-state index is 12.6. The summed E-state index contributed by atoms with van der Waals surface area (Å²) in [6.07, 6.45) is 0.753. The van der Waals surface area contributed by atoms with Crippen molar-refractivity contribution in [2.24, 2.45) is 0 Å². The van der Waals surface area contributed by atoms with Gasteiger partial charge in [-0.15, -0.1) is 11.6 Å². The predicted molar refractivity (Wildman–Crippen MR) is 83.3 cm³/mol. The Morgan fingerprint density at radius 2 is 2.05 bits per heavy atom. The van der Waals surface area contributed by atoms with Gasteiger partial charge in [-0.1, -0.05) is 0 Å². The summed E-state index contributed by atoms with van der Waals surface area (Å²) in [6.45, 7) is 7.26. The molecule has 0 saturated carbocycles. The van der Waals surface area contributed by atoms with Crippen molar-refractivity contribution in [3.8, 4) is 0 Å². The first-order valence-corrected chi connectivity index (χ1v) is 8.97. The Balaban J connectivity index is 2.99. The number of nitrogens with zero attached hydrogens (tertiary/aromatic N) is 3. The highest BCUT2D eigenvalue weighted by Gasteiger charge is 2.28. The van der Waals surface area contributed by atoms with E-state index in [0.717, 1.165) is 6.42 Å². The number of rotatable bonds is 9. The first-order valence-electron chi connectivity index (χ1n) is 7.00. The fourth-order valence-corrected chi connectivity index (χ4v) is 3.73. The summed E-state index contributed by atoms with van der Waals surface area (Å²) in [7, 11) is -1.99. The maximum Gasteiger partial charge on any atom is 0.246 e. The van der Waals surface area contributed by atoms with Gasteiger partial charge >= 0.3 is 0 Å². The van der Waals surface area contributed by atoms with Gasteiger partial charge in [0.1, 0.15) is 4.90 Å². The minimum atomic E-state index is -3.55. The highest BCUT2D eigenvalue weighted by atomic mass is 35.5. The van der Waals surface area contributed by atoms with Crippen LogP contribution >= 0.6 is 11.6 Å². The van der Waals surface area contributed by atoms with Crippen LogP contribution in [0.15, 0.2) is 4.90 Å². The molecule has 0 aromatic carbocycles. The molecule has 0 radical (unpaired) electrons. The highest BCUT2D eigenvalue weighted by Crippen LogP contribution is 2.22. The quantitative estimate of drug-likeness (QED) is 0.509. The lowest BCUT2D eigenvalue weighted by Crippen LogP contribution is -2.31. The predicted octanol–water partition coefficient (Wildman–Crippen LogP) is 1.79. The molecule has 0 aliphatic heterocycles. The van der Waals surface area contributed by atoms with Crippen molar-refractivity contribution in [3.05, 3.63) is 11.4 Å². The molecule has 1 rings (SSSR count). The summed E-state index contributed by atoms with van der Waals surface area (Å²) in [5.74, 6) is 0.523. The Morgan fingerprint density at radius 3 is 2.62 bits per heavy atom. The first-order chi connectivity index (χ1) is 9.86. The van der Waals surface area contributed by atoms with E-state index in [-0.39, 0.29) is 4.90 Å². The molecule has 8 heteroatoms. The molecule has 6 nitrogen and oxygen atoms in total. The summed E-state index contributed by atoms with van der Waals surface area (Å²) in [5.41, 5.74) is 1.17. The van der Waals surface area contributed by atoms with E-state index in [1.54, 1.807) is 25.6 Å². The fourth-order valence-electron chi connectivity index (χ4n) is 2.09. The number of halogens is 1. The van der Waals surface area contributed by atoms with Crippen LogP contribution in [-0.4, -0.2) is 55.2 Å². The molecule has 0 spiro atoms. The number of aromatic nitrogens is 2. The summed E-state index contributed by atoms with van der Waals surface area (Å²) in [5, 5.41) is 4.31. The van der Waals surface area contributed by atoms with Gasteiger partial charge in [0, 0.05) is 32.6 Å². The molecule has 0 amide bonds. The van der Waals surface area contributed by atoms with E-state index in [4.69, 9.17) is 16.3 Å². The van der Waals surface area contributed by atoms with E-state index in [0.29, 0.717) is 43.6 Å². The topological polar surface area (TPSA) is 64.4 Å². The van der Waals surface area contributed by atoms with Gasteiger partial charge in [0.05, 0.1) is 18.0 Å². The second-order valence-corrected chi connectivity index (χ2v) is 7.15. The number of likely N-dealkylation sites (N-methyl/N-ethyl adjacent to an activating group) is 1. The average Bonchev–Trinajstić information content (AvgIpc) is 2.71. The third-order valence-electron chi connectivity index (χ3n) is 3.24. The lowest BCUT2D eigenvalue weighted by Gasteiger charge is -2.17. The molecule has 1 aromatic rings. The second kappa shape index (κ2) is 8.12. The normalized spacial score (nSPS) is 12.3. The van der Waals surface area contributed by atoms with Crippen LogP contribution in [0.25, 0.3) is 0 Å². The van der Waals surface area contributed by atoms with Gasteiger partial charge in [-0.25, -0.2) is 8.42 Å². The molecular weight excluding hydrogens is 314 g/mol. The van der Waals surface area contributed by atoms with Crippen LogP contribution in [0.1, 0.15) is 24.7 Å². The van der Waals surface area contributed by atoms with E-state index in [1.165, 1.54) is 4.31 Å². The molecule has 0 aliphatic carbocycles. The maximum atomic E-state index is 12.6. The Bertz CT molecular complexity index is 557. The van der Waals surface area contributed by atoms with Crippen LogP contribution in [0.2, 0.25) is 0 Å². The van der Waals surface area contributed by atoms with E-state index < -0.39 is 10.0 Å². The SMILES string of the molecule is CCOCCN(C)S(=O)(=O)c1c(C)nn(CCCCl)c1C. The zero-order valence-corrected chi connectivity index (χ0v) is 14.7. The Kier molecular flexibility index (Phi) is 7.12. The minimum Gasteiger partial charge on any atom is -0.380 e. The van der Waals surface area contributed by atoms with Gasteiger partial charge < -0.3 is 4.74 Å². The molecule has 0 atom stereocenters. The minimum absolute atomic E-state index is 0.288. The van der Waals surface area contributed by atoms with Crippen molar-refractivity contribution in [2.75, 3.05) is 32.7 Å². The zero-order chi connectivity index (χ0) is 16.0. The van der Waals surface area contributed by atoms with Crippen LogP contribution in [0.5, 0.6) is 0 Å². The molecule has 21 heavy (non-hydrogen) atoms. The standard InChI is InChI=1S/C13H24ClN3O3S/c1-5-20-10-9-16(4)21(18,19)13-11(2)15-17(12(13)3)8-6-7-14/h5-10H2,1-4H3. The number of aryl methyl sites for hydroxylation is 2. The molecule has 0 bridgehead atoms. The van der Waals surface area contributed by atoms with E-state index in [2.05, 4.69) is 5.10 Å².